The van der Waals surface area contributed by atoms with Crippen molar-refractivity contribution in [2.24, 2.45) is 0 Å². The van der Waals surface area contributed by atoms with Gasteiger partial charge in [-0.2, -0.15) is 11.8 Å². The summed E-state index contributed by atoms with van der Waals surface area (Å²) in [5.74, 6) is 2.75. The Morgan fingerprint density at radius 3 is 1.36 bits per heavy atom. The first-order chi connectivity index (χ1) is 10.6. The maximum Gasteiger partial charge on any atom is 0.0442 e. The van der Waals surface area contributed by atoms with Gasteiger partial charge in [0.1, 0.15) is 0 Å². The van der Waals surface area contributed by atoms with E-state index < -0.39 is 8.07 Å². The topological polar surface area (TPSA) is 0 Å². The van der Waals surface area contributed by atoms with Gasteiger partial charge in [0.2, 0.25) is 0 Å². The standard InChI is InChI=1S/C20H44SSi/c1-5-18-21-19-16-14-12-10-8-6-7-9-11-13-15-17-20-22(2,3)4/h5-20H2,1-4H3. The molecule has 0 aliphatic heterocycles. The Kier molecular flexibility index (Phi) is 16.8. The number of hydrogen-bond acceptors (Lipinski definition) is 1. The number of hydrogen-bond donors (Lipinski definition) is 0. The Bertz CT molecular complexity index is 210. The van der Waals surface area contributed by atoms with Gasteiger partial charge in [0.05, 0.1) is 0 Å². The van der Waals surface area contributed by atoms with Crippen LogP contribution in [0.25, 0.3) is 0 Å². The first-order valence-electron chi connectivity index (χ1n) is 10.1. The minimum Gasteiger partial charge on any atom is -0.162 e. The molecule has 2 heteroatoms. The zero-order valence-corrected chi connectivity index (χ0v) is 18.0. The van der Waals surface area contributed by atoms with Crippen LogP contribution in [0.15, 0.2) is 0 Å². The van der Waals surface area contributed by atoms with Crippen molar-refractivity contribution in [2.75, 3.05) is 11.5 Å². The van der Waals surface area contributed by atoms with Gasteiger partial charge in [0.15, 0.2) is 0 Å². The van der Waals surface area contributed by atoms with Gasteiger partial charge in [0, 0.05) is 8.07 Å². The molecule has 0 radical (unpaired) electrons. The largest absolute Gasteiger partial charge is 0.162 e. The molecule has 0 heterocycles. The van der Waals surface area contributed by atoms with Crippen LogP contribution >= 0.6 is 11.8 Å². The molecule has 0 amide bonds. The van der Waals surface area contributed by atoms with E-state index in [1.165, 1.54) is 101 Å². The van der Waals surface area contributed by atoms with E-state index in [9.17, 15) is 0 Å². The monoisotopic (exact) mass is 344 g/mol. The lowest BCUT2D eigenvalue weighted by Crippen LogP contribution is -2.18. The fourth-order valence-electron chi connectivity index (χ4n) is 2.87. The molecule has 0 N–H and O–H groups in total. The van der Waals surface area contributed by atoms with Crippen molar-refractivity contribution >= 4 is 19.8 Å². The van der Waals surface area contributed by atoms with Crippen molar-refractivity contribution < 1.29 is 0 Å². The molecule has 0 atom stereocenters. The van der Waals surface area contributed by atoms with E-state index in [0.29, 0.717) is 0 Å². The molecule has 134 valence electrons. The summed E-state index contributed by atoms with van der Waals surface area (Å²) in [6, 6.07) is 1.53. The highest BCUT2D eigenvalue weighted by Crippen LogP contribution is 2.16. The highest BCUT2D eigenvalue weighted by atomic mass is 32.2. The Balaban J connectivity index is 3.00. The average molecular weight is 345 g/mol. The van der Waals surface area contributed by atoms with Gasteiger partial charge in [0.25, 0.3) is 0 Å². The Hall–Kier alpha value is 0.567. The molecule has 0 aromatic carbocycles. The fraction of sp³-hybridized carbons (Fsp3) is 1.00. The van der Waals surface area contributed by atoms with Crippen molar-refractivity contribution in [1.29, 1.82) is 0 Å². The summed E-state index contributed by atoms with van der Waals surface area (Å²) >= 11 is 2.14. The van der Waals surface area contributed by atoms with Crippen LogP contribution in [0.2, 0.25) is 25.7 Å². The summed E-state index contributed by atoms with van der Waals surface area (Å²) < 4.78 is 0. The van der Waals surface area contributed by atoms with Crippen molar-refractivity contribution in [2.45, 2.75) is 116 Å². The zero-order valence-electron chi connectivity index (χ0n) is 16.2. The molecule has 0 aliphatic carbocycles. The SMILES string of the molecule is CCCSCCCCCCCCCCCCCC[Si](C)(C)C. The van der Waals surface area contributed by atoms with Crippen LogP contribution in [0.1, 0.15) is 90.4 Å². The van der Waals surface area contributed by atoms with Crippen LogP contribution in [0.4, 0.5) is 0 Å². The Morgan fingerprint density at radius 2 is 0.955 bits per heavy atom. The molecule has 0 aromatic heterocycles. The van der Waals surface area contributed by atoms with E-state index in [0.717, 1.165) is 0 Å². The zero-order chi connectivity index (χ0) is 16.5. The predicted octanol–water partition coefficient (Wildman–Crippen LogP) is 8.15. The van der Waals surface area contributed by atoms with E-state index in [2.05, 4.69) is 38.3 Å². The van der Waals surface area contributed by atoms with Gasteiger partial charge < -0.3 is 0 Å². The number of unbranched alkanes of at least 4 members (excludes halogenated alkanes) is 11. The van der Waals surface area contributed by atoms with Gasteiger partial charge in [-0.25, -0.2) is 0 Å². The van der Waals surface area contributed by atoms with E-state index in [1.54, 1.807) is 0 Å². The first-order valence-corrected chi connectivity index (χ1v) is 15.0. The molecular weight excluding hydrogens is 300 g/mol. The minimum absolute atomic E-state index is 0.766. The third kappa shape index (κ3) is 20.6. The van der Waals surface area contributed by atoms with Crippen LogP contribution in [0.5, 0.6) is 0 Å². The number of rotatable bonds is 17. The highest BCUT2D eigenvalue weighted by molar-refractivity contribution is 7.99. The summed E-state index contributed by atoms with van der Waals surface area (Å²) in [7, 11) is -0.766. The minimum atomic E-state index is -0.766. The molecule has 0 unspecified atom stereocenters. The van der Waals surface area contributed by atoms with Crippen LogP contribution < -0.4 is 0 Å². The molecule has 0 spiro atoms. The lowest BCUT2D eigenvalue weighted by Gasteiger charge is -2.14. The van der Waals surface area contributed by atoms with Crippen LogP contribution in [0.3, 0.4) is 0 Å². The van der Waals surface area contributed by atoms with Crippen LogP contribution in [0, 0.1) is 0 Å². The number of thioether (sulfide) groups is 1. The molecule has 22 heavy (non-hydrogen) atoms. The summed E-state index contributed by atoms with van der Waals surface area (Å²) in [5.41, 5.74) is 0. The maximum absolute atomic E-state index is 2.50. The lowest BCUT2D eigenvalue weighted by atomic mass is 10.1. The van der Waals surface area contributed by atoms with Crippen LogP contribution in [-0.4, -0.2) is 19.6 Å². The molecular formula is C20H44SSi. The Morgan fingerprint density at radius 1 is 0.545 bits per heavy atom. The third-order valence-electron chi connectivity index (χ3n) is 4.31. The van der Waals surface area contributed by atoms with Gasteiger partial charge >= 0.3 is 0 Å². The van der Waals surface area contributed by atoms with E-state index >= 15 is 0 Å². The van der Waals surface area contributed by atoms with Gasteiger partial charge in [-0.3, -0.25) is 0 Å². The second kappa shape index (κ2) is 16.4. The molecule has 0 aliphatic rings. The second-order valence-electron chi connectivity index (χ2n) is 8.17. The first kappa shape index (κ1) is 22.6. The molecule has 0 saturated heterocycles. The predicted molar refractivity (Wildman–Crippen MR) is 111 cm³/mol. The van der Waals surface area contributed by atoms with Gasteiger partial charge in [-0.1, -0.05) is 103 Å². The summed E-state index contributed by atoms with van der Waals surface area (Å²) in [6.45, 7) is 9.77. The Labute approximate surface area is 147 Å². The summed E-state index contributed by atoms with van der Waals surface area (Å²) in [6.07, 6.45) is 19.1. The molecule has 0 bridgehead atoms. The van der Waals surface area contributed by atoms with Crippen molar-refractivity contribution in [3.63, 3.8) is 0 Å². The van der Waals surface area contributed by atoms with Crippen molar-refractivity contribution in [3.8, 4) is 0 Å². The van der Waals surface area contributed by atoms with E-state index in [4.69, 9.17) is 0 Å². The average Bonchev–Trinajstić information content (AvgIpc) is 2.45. The molecule has 0 nitrogen and oxygen atoms in total. The normalized spacial score (nSPS) is 12.0. The molecule has 0 saturated carbocycles. The van der Waals surface area contributed by atoms with Crippen LogP contribution in [-0.2, 0) is 0 Å². The fourth-order valence-corrected chi connectivity index (χ4v) is 5.09. The summed E-state index contributed by atoms with van der Waals surface area (Å²) in [5, 5.41) is 0. The smallest absolute Gasteiger partial charge is 0.0442 e. The third-order valence-corrected chi connectivity index (χ3v) is 7.44. The highest BCUT2D eigenvalue weighted by Gasteiger charge is 2.11. The quantitative estimate of drug-likeness (QED) is 0.189. The second-order valence-corrected chi connectivity index (χ2v) is 15.0. The maximum atomic E-state index is 2.50. The molecule has 0 fully saturated rings. The molecule has 0 rings (SSSR count). The van der Waals surface area contributed by atoms with Crippen molar-refractivity contribution in [3.05, 3.63) is 0 Å². The van der Waals surface area contributed by atoms with E-state index in [1.807, 2.05) is 0 Å². The van der Waals surface area contributed by atoms with Gasteiger partial charge in [-0.05, 0) is 24.3 Å². The van der Waals surface area contributed by atoms with Crippen molar-refractivity contribution in [1.82, 2.24) is 0 Å². The summed E-state index contributed by atoms with van der Waals surface area (Å²) in [4.78, 5) is 0. The van der Waals surface area contributed by atoms with E-state index in [-0.39, 0.29) is 0 Å². The molecule has 0 aromatic rings. The lowest BCUT2D eigenvalue weighted by molar-refractivity contribution is 0.548. The van der Waals surface area contributed by atoms with Gasteiger partial charge in [-0.15, -0.1) is 0 Å².